The maximum absolute atomic E-state index is 11.8. The van der Waals surface area contributed by atoms with E-state index in [1.54, 1.807) is 0 Å². The molecule has 7 nitrogen and oxygen atoms in total. The fourth-order valence-electron chi connectivity index (χ4n) is 2.58. The first kappa shape index (κ1) is 26.5. The van der Waals surface area contributed by atoms with Crippen LogP contribution in [0, 0.1) is 0 Å². The van der Waals surface area contributed by atoms with Crippen LogP contribution in [0.4, 0.5) is 0 Å². The zero-order chi connectivity index (χ0) is 20.2. The molecule has 0 aliphatic heterocycles. The maximum atomic E-state index is 11.8. The Bertz CT molecular complexity index is 437. The minimum Gasteiger partial charge on any atom is -0.379 e. The van der Waals surface area contributed by atoms with Crippen molar-refractivity contribution in [2.75, 3.05) is 26.4 Å². The van der Waals surface area contributed by atoms with E-state index in [0.29, 0.717) is 25.9 Å². The molecule has 0 amide bonds. The molecule has 0 rings (SSSR count). The van der Waals surface area contributed by atoms with E-state index in [1.165, 1.54) is 51.9 Å². The van der Waals surface area contributed by atoms with Gasteiger partial charge in [-0.05, 0) is 19.8 Å². The lowest BCUT2D eigenvalue weighted by Gasteiger charge is -2.05. The molecule has 0 aromatic carbocycles. The molecule has 0 aromatic heterocycles. The minimum absolute atomic E-state index is 0.0186. The van der Waals surface area contributed by atoms with Gasteiger partial charge in [-0.2, -0.15) is 8.42 Å². The van der Waals surface area contributed by atoms with E-state index in [-0.39, 0.29) is 25.6 Å². The Kier molecular flexibility index (Phi) is 18.4. The standard InChI is InChI=1S/C19H38O7S/c1-3-5-6-7-8-9-10-11-12-14-19(20)15-13-16-23-17-18-24-26-27(21,22)25-4-2/h3-18H2,1-2H3. The second-order valence-electron chi connectivity index (χ2n) is 6.54. The molecular weight excluding hydrogens is 372 g/mol. The lowest BCUT2D eigenvalue weighted by molar-refractivity contribution is -0.217. The summed E-state index contributed by atoms with van der Waals surface area (Å²) < 4.78 is 35.7. The highest BCUT2D eigenvalue weighted by atomic mass is 32.3. The molecule has 0 bridgehead atoms. The summed E-state index contributed by atoms with van der Waals surface area (Å²) >= 11 is 0. The second-order valence-corrected chi connectivity index (χ2v) is 7.73. The Morgan fingerprint density at radius 1 is 0.741 bits per heavy atom. The molecule has 0 aromatic rings. The van der Waals surface area contributed by atoms with Gasteiger partial charge in [-0.25, -0.2) is 9.07 Å². The lowest BCUT2D eigenvalue weighted by atomic mass is 10.0. The third-order valence-electron chi connectivity index (χ3n) is 4.01. The van der Waals surface area contributed by atoms with Gasteiger partial charge in [0.15, 0.2) is 0 Å². The van der Waals surface area contributed by atoms with Crippen molar-refractivity contribution in [3.63, 3.8) is 0 Å². The van der Waals surface area contributed by atoms with Gasteiger partial charge < -0.3 is 4.74 Å². The summed E-state index contributed by atoms with van der Waals surface area (Å²) in [5.74, 6) is 0.281. The largest absolute Gasteiger partial charge is 0.426 e. The van der Waals surface area contributed by atoms with Crippen molar-refractivity contribution in [3.8, 4) is 0 Å². The van der Waals surface area contributed by atoms with Crippen LogP contribution in [-0.4, -0.2) is 40.6 Å². The molecule has 0 spiro atoms. The van der Waals surface area contributed by atoms with Crippen LogP contribution in [0.25, 0.3) is 0 Å². The zero-order valence-electron chi connectivity index (χ0n) is 17.1. The van der Waals surface area contributed by atoms with Crippen molar-refractivity contribution in [2.45, 2.75) is 90.9 Å². The topological polar surface area (TPSA) is 88.1 Å². The first-order chi connectivity index (χ1) is 13.0. The number of hydrogen-bond donors (Lipinski definition) is 0. The summed E-state index contributed by atoms with van der Waals surface area (Å²) in [4.78, 5) is 16.3. The Hall–Kier alpha value is -0.540. The number of rotatable bonds is 21. The summed E-state index contributed by atoms with van der Waals surface area (Å²) in [6, 6.07) is 0. The van der Waals surface area contributed by atoms with Crippen LogP contribution in [0.3, 0.4) is 0 Å². The number of hydrogen-bond acceptors (Lipinski definition) is 7. The fraction of sp³-hybridized carbons (Fsp3) is 0.947. The SMILES string of the molecule is CCCCCCCCCCCC(=O)CCCOCCOOS(=O)(=O)OCC. The van der Waals surface area contributed by atoms with E-state index in [2.05, 4.69) is 20.3 Å². The van der Waals surface area contributed by atoms with Crippen molar-refractivity contribution in [1.82, 2.24) is 0 Å². The highest BCUT2D eigenvalue weighted by Gasteiger charge is 2.11. The monoisotopic (exact) mass is 410 g/mol. The van der Waals surface area contributed by atoms with Crippen molar-refractivity contribution in [3.05, 3.63) is 0 Å². The minimum atomic E-state index is -4.08. The Labute approximate surface area is 165 Å². The predicted molar refractivity (Wildman–Crippen MR) is 104 cm³/mol. The van der Waals surface area contributed by atoms with Crippen molar-refractivity contribution < 1.29 is 31.4 Å². The van der Waals surface area contributed by atoms with Crippen LogP contribution in [0.15, 0.2) is 0 Å². The summed E-state index contributed by atoms with van der Waals surface area (Å²) in [5, 5.41) is 0. The summed E-state index contributed by atoms with van der Waals surface area (Å²) in [7, 11) is -4.08. The average Bonchev–Trinajstić information content (AvgIpc) is 2.62. The molecule has 0 fully saturated rings. The van der Waals surface area contributed by atoms with Gasteiger partial charge in [-0.1, -0.05) is 62.6 Å². The molecule has 0 saturated carbocycles. The van der Waals surface area contributed by atoms with Gasteiger partial charge in [0.2, 0.25) is 0 Å². The van der Waals surface area contributed by atoms with E-state index in [0.717, 1.165) is 12.8 Å². The van der Waals surface area contributed by atoms with Gasteiger partial charge in [0.05, 0.1) is 13.2 Å². The van der Waals surface area contributed by atoms with Gasteiger partial charge in [-0.3, -0.25) is 4.79 Å². The maximum Gasteiger partial charge on any atom is 0.426 e. The number of ketones is 1. The van der Waals surface area contributed by atoms with Crippen LogP contribution in [0.5, 0.6) is 0 Å². The molecule has 0 radical (unpaired) electrons. The molecule has 0 atom stereocenters. The van der Waals surface area contributed by atoms with Crippen LogP contribution < -0.4 is 0 Å². The van der Waals surface area contributed by atoms with Crippen molar-refractivity contribution >= 4 is 16.2 Å². The van der Waals surface area contributed by atoms with Crippen LogP contribution in [0.2, 0.25) is 0 Å². The van der Waals surface area contributed by atoms with E-state index >= 15 is 0 Å². The van der Waals surface area contributed by atoms with Crippen LogP contribution in [-0.2, 0) is 33.3 Å². The second kappa shape index (κ2) is 18.8. The fourth-order valence-corrected chi connectivity index (χ4v) is 3.10. The molecular formula is C19H38O7S. The third kappa shape index (κ3) is 20.0. The first-order valence-corrected chi connectivity index (χ1v) is 11.6. The number of unbranched alkanes of at least 4 members (excludes halogenated alkanes) is 8. The van der Waals surface area contributed by atoms with Gasteiger partial charge in [0.25, 0.3) is 0 Å². The summed E-state index contributed by atoms with van der Waals surface area (Å²) in [5.41, 5.74) is 0. The lowest BCUT2D eigenvalue weighted by Crippen LogP contribution is -2.13. The van der Waals surface area contributed by atoms with Crippen molar-refractivity contribution in [2.24, 2.45) is 0 Å². The zero-order valence-corrected chi connectivity index (χ0v) is 17.9. The molecule has 0 heterocycles. The van der Waals surface area contributed by atoms with Gasteiger partial charge in [-0.15, -0.1) is 0 Å². The van der Waals surface area contributed by atoms with E-state index in [9.17, 15) is 13.2 Å². The molecule has 0 aliphatic rings. The van der Waals surface area contributed by atoms with Crippen LogP contribution in [0.1, 0.15) is 90.9 Å². The number of ether oxygens (including phenoxy) is 1. The average molecular weight is 411 g/mol. The quantitative estimate of drug-likeness (QED) is 0.156. The normalized spacial score (nSPS) is 11.8. The Morgan fingerprint density at radius 3 is 1.96 bits per heavy atom. The summed E-state index contributed by atoms with van der Waals surface area (Å²) in [6.45, 7) is 4.33. The first-order valence-electron chi connectivity index (χ1n) is 10.3. The van der Waals surface area contributed by atoms with E-state index in [1.807, 2.05) is 0 Å². The smallest absolute Gasteiger partial charge is 0.379 e. The van der Waals surface area contributed by atoms with Crippen molar-refractivity contribution in [1.29, 1.82) is 0 Å². The number of carbonyl (C=O) groups excluding carboxylic acids is 1. The molecule has 162 valence electrons. The van der Waals surface area contributed by atoms with E-state index < -0.39 is 10.4 Å². The predicted octanol–water partition coefficient (Wildman–Crippen LogP) is 4.50. The Morgan fingerprint density at radius 2 is 1.33 bits per heavy atom. The molecule has 27 heavy (non-hydrogen) atoms. The molecule has 0 aliphatic carbocycles. The molecule has 0 N–H and O–H groups in total. The molecule has 0 saturated heterocycles. The number of Topliss-reactive ketones (excluding diaryl/α,β-unsaturated/α-hetero) is 1. The molecule has 0 unspecified atom stereocenters. The van der Waals surface area contributed by atoms with E-state index in [4.69, 9.17) is 4.74 Å². The summed E-state index contributed by atoms with van der Waals surface area (Å²) in [6.07, 6.45) is 13.1. The highest BCUT2D eigenvalue weighted by molar-refractivity contribution is 7.81. The third-order valence-corrected chi connectivity index (χ3v) is 4.80. The van der Waals surface area contributed by atoms with Crippen LogP contribution >= 0.6 is 0 Å². The highest BCUT2D eigenvalue weighted by Crippen LogP contribution is 2.11. The van der Waals surface area contributed by atoms with Gasteiger partial charge in [0.1, 0.15) is 12.4 Å². The number of carbonyl (C=O) groups is 1. The Balaban J connectivity index is 3.30. The van der Waals surface area contributed by atoms with Gasteiger partial charge >= 0.3 is 10.4 Å². The van der Waals surface area contributed by atoms with Gasteiger partial charge in [0, 0.05) is 19.4 Å². The molecule has 8 heteroatoms.